The van der Waals surface area contributed by atoms with E-state index in [1.165, 1.54) is 6.07 Å². The van der Waals surface area contributed by atoms with Crippen LogP contribution >= 0.6 is 11.6 Å². The highest BCUT2D eigenvalue weighted by Gasteiger charge is 2.33. The van der Waals surface area contributed by atoms with Crippen LogP contribution in [-0.4, -0.2) is 31.2 Å². The number of pyridine rings is 1. The van der Waals surface area contributed by atoms with Gasteiger partial charge in [-0.05, 0) is 42.3 Å². The number of aromatic amines is 1. The van der Waals surface area contributed by atoms with Crippen LogP contribution in [0.1, 0.15) is 22.6 Å². The van der Waals surface area contributed by atoms with Crippen molar-refractivity contribution in [1.29, 1.82) is 0 Å². The van der Waals surface area contributed by atoms with Crippen LogP contribution < -0.4 is 16.0 Å². The van der Waals surface area contributed by atoms with E-state index in [1.54, 1.807) is 18.3 Å². The zero-order chi connectivity index (χ0) is 29.0. The Morgan fingerprint density at radius 2 is 1.73 bits per heavy atom. The number of hydrogen-bond acceptors (Lipinski definition) is 6. The Bertz CT molecular complexity index is 1670. The molecule has 9 nitrogen and oxygen atoms in total. The standard InChI is InChI=1S/C28H22ClF3N8O/c1-16-11-24(37-26-14-22(39-40-26)18-5-3-2-4-6-18)36-25(34-16)12-17-7-10-23(33-15-17)38-27(41)35-19-8-9-21(29)20(13-19)28(30,31)32/h2-11,13-15H,12H2,1H3,(H2,33,35,38,41)(H2,34,36,37,39,40). The third kappa shape index (κ3) is 7.17. The number of rotatable bonds is 7. The van der Waals surface area contributed by atoms with Crippen molar-refractivity contribution in [1.82, 2.24) is 25.1 Å². The maximum Gasteiger partial charge on any atom is 0.417 e. The lowest BCUT2D eigenvalue weighted by molar-refractivity contribution is -0.137. The van der Waals surface area contributed by atoms with Crippen molar-refractivity contribution in [3.8, 4) is 11.3 Å². The van der Waals surface area contributed by atoms with E-state index in [0.717, 1.165) is 34.6 Å². The van der Waals surface area contributed by atoms with Gasteiger partial charge in [-0.1, -0.05) is 48.0 Å². The molecule has 3 heterocycles. The third-order valence-corrected chi connectivity index (χ3v) is 6.11. The molecule has 5 aromatic rings. The summed E-state index contributed by atoms with van der Waals surface area (Å²) in [5.74, 6) is 1.94. The van der Waals surface area contributed by atoms with Gasteiger partial charge in [0.25, 0.3) is 0 Å². The van der Waals surface area contributed by atoms with Crippen LogP contribution in [0.2, 0.25) is 5.02 Å². The van der Waals surface area contributed by atoms with Crippen molar-refractivity contribution in [3.05, 3.63) is 107 Å². The summed E-state index contributed by atoms with van der Waals surface area (Å²) in [6.07, 6.45) is -2.72. The summed E-state index contributed by atoms with van der Waals surface area (Å²) in [4.78, 5) is 25.6. The summed E-state index contributed by atoms with van der Waals surface area (Å²) in [6.45, 7) is 1.86. The number of anilines is 4. The van der Waals surface area contributed by atoms with E-state index in [-0.39, 0.29) is 11.5 Å². The molecule has 3 aromatic heterocycles. The number of halogens is 4. The first-order valence-corrected chi connectivity index (χ1v) is 12.6. The van der Waals surface area contributed by atoms with Crippen molar-refractivity contribution < 1.29 is 18.0 Å². The molecule has 2 aromatic carbocycles. The first kappa shape index (κ1) is 27.6. The van der Waals surface area contributed by atoms with Gasteiger partial charge in [0.2, 0.25) is 0 Å². The van der Waals surface area contributed by atoms with Crippen molar-refractivity contribution >= 4 is 40.8 Å². The van der Waals surface area contributed by atoms with E-state index in [1.807, 2.05) is 49.4 Å². The molecule has 0 saturated carbocycles. The SMILES string of the molecule is Cc1cc(Nc2cc(-c3ccccc3)[nH]n2)nc(Cc2ccc(NC(=O)Nc3ccc(Cl)c(C(F)(F)F)c3)nc2)n1. The number of aryl methyl sites for hydroxylation is 1. The van der Waals surface area contributed by atoms with Crippen molar-refractivity contribution in [2.24, 2.45) is 0 Å². The molecule has 0 atom stereocenters. The Hall–Kier alpha value is -4.97. The highest BCUT2D eigenvalue weighted by molar-refractivity contribution is 6.31. The van der Waals surface area contributed by atoms with Crippen molar-refractivity contribution in [2.75, 3.05) is 16.0 Å². The van der Waals surface area contributed by atoms with Crippen LogP contribution in [-0.2, 0) is 12.6 Å². The maximum atomic E-state index is 13.1. The quantitative estimate of drug-likeness (QED) is 0.162. The molecule has 0 unspecified atom stereocenters. The molecule has 41 heavy (non-hydrogen) atoms. The predicted molar refractivity (Wildman–Crippen MR) is 150 cm³/mol. The van der Waals surface area contributed by atoms with E-state index < -0.39 is 22.8 Å². The number of amides is 2. The third-order valence-electron chi connectivity index (χ3n) is 5.78. The number of benzene rings is 2. The Balaban J connectivity index is 1.20. The van der Waals surface area contributed by atoms with Gasteiger partial charge in [-0.2, -0.15) is 18.3 Å². The lowest BCUT2D eigenvalue weighted by atomic mass is 10.1. The zero-order valence-corrected chi connectivity index (χ0v) is 22.2. The van der Waals surface area contributed by atoms with E-state index in [4.69, 9.17) is 11.6 Å². The largest absolute Gasteiger partial charge is 0.417 e. The van der Waals surface area contributed by atoms with E-state index in [0.29, 0.717) is 23.9 Å². The van der Waals surface area contributed by atoms with Crippen molar-refractivity contribution in [2.45, 2.75) is 19.5 Å². The number of carbonyl (C=O) groups excluding carboxylic acids is 1. The van der Waals surface area contributed by atoms with Crippen LogP contribution in [0.4, 0.5) is 41.1 Å². The molecule has 0 aliphatic heterocycles. The lowest BCUT2D eigenvalue weighted by Gasteiger charge is -2.12. The average molecular weight is 579 g/mol. The Morgan fingerprint density at radius 1 is 0.927 bits per heavy atom. The smallest absolute Gasteiger partial charge is 0.323 e. The minimum atomic E-state index is -4.65. The summed E-state index contributed by atoms with van der Waals surface area (Å²) in [6, 6.07) is 19.2. The molecule has 0 fully saturated rings. The number of nitrogens with zero attached hydrogens (tertiary/aromatic N) is 4. The zero-order valence-electron chi connectivity index (χ0n) is 21.4. The molecule has 4 N–H and O–H groups in total. The number of hydrogen-bond donors (Lipinski definition) is 4. The van der Waals surface area contributed by atoms with Gasteiger partial charge in [0.1, 0.15) is 17.5 Å². The van der Waals surface area contributed by atoms with Crippen molar-refractivity contribution in [3.63, 3.8) is 0 Å². The van der Waals surface area contributed by atoms with E-state index in [9.17, 15) is 18.0 Å². The minimum Gasteiger partial charge on any atom is -0.323 e. The second-order valence-electron chi connectivity index (χ2n) is 8.97. The molecular formula is C28H22ClF3N8O. The number of alkyl halides is 3. The van der Waals surface area contributed by atoms with Gasteiger partial charge < -0.3 is 10.6 Å². The Labute approximate surface area is 237 Å². The maximum absolute atomic E-state index is 13.1. The summed E-state index contributed by atoms with van der Waals surface area (Å²) in [5.41, 5.74) is 2.31. The molecule has 13 heteroatoms. The number of carbonyl (C=O) groups is 1. The molecule has 5 rings (SSSR count). The molecule has 0 aliphatic carbocycles. The predicted octanol–water partition coefficient (Wildman–Crippen LogP) is 7.22. The normalized spacial score (nSPS) is 11.2. The Kier molecular flexibility index (Phi) is 7.83. The van der Waals surface area contributed by atoms with Gasteiger partial charge in [-0.3, -0.25) is 10.4 Å². The molecule has 0 spiro atoms. The number of nitrogens with one attached hydrogen (secondary N) is 4. The molecule has 0 radical (unpaired) electrons. The monoisotopic (exact) mass is 578 g/mol. The fourth-order valence-corrected chi connectivity index (χ4v) is 4.16. The number of aromatic nitrogens is 5. The summed E-state index contributed by atoms with van der Waals surface area (Å²) >= 11 is 5.62. The highest BCUT2D eigenvalue weighted by atomic mass is 35.5. The van der Waals surface area contributed by atoms with Gasteiger partial charge in [-0.15, -0.1) is 0 Å². The minimum absolute atomic E-state index is 0.0667. The van der Waals surface area contributed by atoms with E-state index in [2.05, 4.69) is 41.1 Å². The van der Waals surface area contributed by atoms with Crippen LogP contribution in [0.15, 0.2) is 79.0 Å². The molecule has 0 bridgehead atoms. The Morgan fingerprint density at radius 3 is 2.46 bits per heavy atom. The number of H-pyrrole nitrogens is 1. The molecule has 2 amide bonds. The molecular weight excluding hydrogens is 557 g/mol. The summed E-state index contributed by atoms with van der Waals surface area (Å²) in [5, 5.41) is 14.9. The van der Waals surface area contributed by atoms with Gasteiger partial charge in [0, 0.05) is 36.1 Å². The summed E-state index contributed by atoms with van der Waals surface area (Å²) in [7, 11) is 0. The number of urea groups is 1. The van der Waals surface area contributed by atoms with Gasteiger partial charge >= 0.3 is 12.2 Å². The molecule has 0 saturated heterocycles. The van der Waals surface area contributed by atoms with Crippen LogP contribution in [0.5, 0.6) is 0 Å². The fraction of sp³-hybridized carbons (Fsp3) is 0.107. The van der Waals surface area contributed by atoms with Gasteiger partial charge in [0.05, 0.1) is 16.3 Å². The van der Waals surface area contributed by atoms with Gasteiger partial charge in [0.15, 0.2) is 5.82 Å². The van der Waals surface area contributed by atoms with E-state index >= 15 is 0 Å². The highest BCUT2D eigenvalue weighted by Crippen LogP contribution is 2.36. The second kappa shape index (κ2) is 11.6. The second-order valence-corrected chi connectivity index (χ2v) is 9.38. The van der Waals surface area contributed by atoms with Crippen LogP contribution in [0.25, 0.3) is 11.3 Å². The van der Waals surface area contributed by atoms with Gasteiger partial charge in [-0.25, -0.2) is 19.7 Å². The first-order valence-electron chi connectivity index (χ1n) is 12.2. The summed E-state index contributed by atoms with van der Waals surface area (Å²) < 4.78 is 39.2. The average Bonchev–Trinajstić information content (AvgIpc) is 3.39. The van der Waals surface area contributed by atoms with Crippen LogP contribution in [0.3, 0.4) is 0 Å². The lowest BCUT2D eigenvalue weighted by Crippen LogP contribution is -2.20. The molecule has 0 aliphatic rings. The topological polar surface area (TPSA) is 121 Å². The molecule has 208 valence electrons. The first-order chi connectivity index (χ1) is 19.6. The fourth-order valence-electron chi connectivity index (χ4n) is 3.94. The van der Waals surface area contributed by atoms with Crippen LogP contribution in [0, 0.1) is 6.92 Å².